The molecule has 0 aromatic heterocycles. The fourth-order valence-corrected chi connectivity index (χ4v) is 3.66. The van der Waals surface area contributed by atoms with Gasteiger partial charge in [-0.25, -0.2) is 0 Å². The van der Waals surface area contributed by atoms with E-state index < -0.39 is 0 Å². The molecule has 1 unspecified atom stereocenters. The molecule has 24 heavy (non-hydrogen) atoms. The Kier molecular flexibility index (Phi) is 6.22. The van der Waals surface area contributed by atoms with E-state index >= 15 is 0 Å². The normalized spacial score (nSPS) is 31.7. The first kappa shape index (κ1) is 18.3. The molecule has 3 rings (SSSR count). The highest BCUT2D eigenvalue weighted by Gasteiger charge is 2.49. The van der Waals surface area contributed by atoms with Crippen molar-refractivity contribution in [3.05, 3.63) is 83.6 Å². The first-order valence-corrected chi connectivity index (χ1v) is 8.97. The van der Waals surface area contributed by atoms with Crippen molar-refractivity contribution in [1.29, 1.82) is 0 Å². The quantitative estimate of drug-likeness (QED) is 0.749. The summed E-state index contributed by atoms with van der Waals surface area (Å²) in [6, 6.07) is 10.7. The predicted octanol–water partition coefficient (Wildman–Crippen LogP) is 5.04. The smallest absolute Gasteiger partial charge is 0.0705 e. The first-order valence-electron chi connectivity index (χ1n) is 8.97. The minimum absolute atomic E-state index is 0.119. The number of fused-ring (bicyclic) bond motifs is 1. The van der Waals surface area contributed by atoms with E-state index in [-0.39, 0.29) is 17.5 Å². The second kappa shape index (κ2) is 8.16. The molecule has 1 aliphatic heterocycles. The van der Waals surface area contributed by atoms with Crippen LogP contribution < -0.4 is 11.1 Å². The van der Waals surface area contributed by atoms with Gasteiger partial charge in [-0.15, -0.1) is 0 Å². The maximum atomic E-state index is 6.89. The molecular formula is C22H30N2. The summed E-state index contributed by atoms with van der Waals surface area (Å²) in [5.41, 5.74) is 10.3. The van der Waals surface area contributed by atoms with Crippen molar-refractivity contribution in [3.8, 4) is 0 Å². The Morgan fingerprint density at radius 1 is 1.17 bits per heavy atom. The molecule has 3 N–H and O–H groups in total. The van der Waals surface area contributed by atoms with Crippen molar-refractivity contribution < 1.29 is 0 Å². The third kappa shape index (κ3) is 3.25. The molecule has 0 spiro atoms. The average Bonchev–Trinajstić information content (AvgIpc) is 3.03. The molecule has 1 heterocycles. The fourth-order valence-electron chi connectivity index (χ4n) is 3.66. The van der Waals surface area contributed by atoms with Gasteiger partial charge >= 0.3 is 0 Å². The number of piperidine rings is 1. The van der Waals surface area contributed by atoms with Gasteiger partial charge in [0.1, 0.15) is 0 Å². The van der Waals surface area contributed by atoms with Crippen LogP contribution >= 0.6 is 0 Å². The third-order valence-corrected chi connectivity index (χ3v) is 4.76. The highest BCUT2D eigenvalue weighted by atomic mass is 15.0. The van der Waals surface area contributed by atoms with Crippen molar-refractivity contribution in [1.82, 2.24) is 5.32 Å². The maximum absolute atomic E-state index is 6.89. The van der Waals surface area contributed by atoms with Crippen LogP contribution in [0.2, 0.25) is 0 Å². The second-order valence-electron chi connectivity index (χ2n) is 6.06. The van der Waals surface area contributed by atoms with Crippen molar-refractivity contribution >= 4 is 0 Å². The summed E-state index contributed by atoms with van der Waals surface area (Å²) < 4.78 is 0. The van der Waals surface area contributed by atoms with Crippen LogP contribution in [0.3, 0.4) is 0 Å². The molecule has 0 amide bonds. The van der Waals surface area contributed by atoms with E-state index in [1.54, 1.807) is 0 Å². The predicted molar refractivity (Wildman–Crippen MR) is 104 cm³/mol. The number of nitrogens with one attached hydrogen (secondary N) is 1. The number of allylic oxidation sites excluding steroid dienone is 5. The lowest BCUT2D eigenvalue weighted by atomic mass is 9.70. The zero-order valence-corrected chi connectivity index (χ0v) is 15.3. The molecule has 2 nitrogen and oxygen atoms in total. The minimum atomic E-state index is -0.295. The zero-order chi connectivity index (χ0) is 17.6. The van der Waals surface area contributed by atoms with Crippen LogP contribution in [0.25, 0.3) is 0 Å². The van der Waals surface area contributed by atoms with Crippen molar-refractivity contribution in [2.45, 2.75) is 45.7 Å². The van der Waals surface area contributed by atoms with Gasteiger partial charge in [0.05, 0.1) is 11.6 Å². The lowest BCUT2D eigenvalue weighted by molar-refractivity contribution is 0.256. The number of rotatable bonds is 2. The Hall–Kier alpha value is -2.06. The monoisotopic (exact) mass is 322 g/mol. The summed E-state index contributed by atoms with van der Waals surface area (Å²) in [6.07, 6.45) is 13.9. The Morgan fingerprint density at radius 2 is 1.88 bits per heavy atom. The van der Waals surface area contributed by atoms with E-state index in [4.69, 9.17) is 5.73 Å². The largest absolute Gasteiger partial charge is 0.376 e. The van der Waals surface area contributed by atoms with Crippen molar-refractivity contribution in [3.63, 3.8) is 0 Å². The highest BCUT2D eigenvalue weighted by molar-refractivity contribution is 5.47. The van der Waals surface area contributed by atoms with E-state index in [1.165, 1.54) is 16.8 Å². The number of nitrogens with two attached hydrogens (primary N) is 1. The van der Waals surface area contributed by atoms with Gasteiger partial charge in [-0.05, 0) is 37.5 Å². The third-order valence-electron chi connectivity index (χ3n) is 4.76. The molecule has 1 aromatic carbocycles. The first-order chi connectivity index (χ1) is 11.7. The van der Waals surface area contributed by atoms with Gasteiger partial charge in [-0.3, -0.25) is 0 Å². The molecule has 3 atom stereocenters. The SMILES string of the molecule is CC.C\C=C/C=C1/NC(c2ccccc2)[C@]2(N)CC=C[C@@H]2/C1=C/C. The van der Waals surface area contributed by atoms with Crippen LogP contribution in [0.5, 0.6) is 0 Å². The molecular weight excluding hydrogens is 292 g/mol. The summed E-state index contributed by atoms with van der Waals surface area (Å²) in [4.78, 5) is 0. The Labute approximate surface area is 146 Å². The molecule has 128 valence electrons. The topological polar surface area (TPSA) is 38.0 Å². The zero-order valence-electron chi connectivity index (χ0n) is 15.3. The molecule has 0 bridgehead atoms. The lowest BCUT2D eigenvalue weighted by Gasteiger charge is -2.47. The molecule has 1 fully saturated rings. The van der Waals surface area contributed by atoms with E-state index in [0.717, 1.165) is 6.42 Å². The van der Waals surface area contributed by atoms with Crippen LogP contribution in [-0.4, -0.2) is 5.54 Å². The van der Waals surface area contributed by atoms with Gasteiger partial charge in [-0.1, -0.05) is 74.6 Å². The number of benzene rings is 1. The molecule has 1 aliphatic carbocycles. The molecule has 2 aliphatic rings. The standard InChI is InChI=1S/C20H24N2.C2H6/c1-3-5-13-18-16(4-2)17-12-9-14-20(17,21)19(22-18)15-10-7-6-8-11-15;1-2/h3-13,17,19,22H,14,21H2,1-2H3;1-2H3/b5-3-,16-4-,18-13+;/t17-,19?,20+;/m1./s1. The second-order valence-corrected chi connectivity index (χ2v) is 6.06. The fraction of sp³-hybridized carbons (Fsp3) is 0.364. The van der Waals surface area contributed by atoms with Crippen LogP contribution in [0.1, 0.15) is 45.7 Å². The molecule has 2 heteroatoms. The van der Waals surface area contributed by atoms with Gasteiger partial charge < -0.3 is 11.1 Å². The van der Waals surface area contributed by atoms with Crippen molar-refractivity contribution in [2.24, 2.45) is 11.7 Å². The van der Waals surface area contributed by atoms with Gasteiger partial charge in [-0.2, -0.15) is 0 Å². The van der Waals surface area contributed by atoms with E-state index in [0.29, 0.717) is 0 Å². The number of hydrogen-bond acceptors (Lipinski definition) is 2. The van der Waals surface area contributed by atoms with Gasteiger partial charge in [0, 0.05) is 11.6 Å². The van der Waals surface area contributed by atoms with Gasteiger partial charge in [0.2, 0.25) is 0 Å². The van der Waals surface area contributed by atoms with Crippen LogP contribution in [0.4, 0.5) is 0 Å². The molecule has 1 aromatic rings. The summed E-state index contributed by atoms with van der Waals surface area (Å²) in [5.74, 6) is 0.264. The average molecular weight is 322 g/mol. The molecule has 1 saturated heterocycles. The summed E-state index contributed by atoms with van der Waals surface area (Å²) in [6.45, 7) is 8.13. The van der Waals surface area contributed by atoms with E-state index in [2.05, 4.69) is 66.9 Å². The minimum Gasteiger partial charge on any atom is -0.376 e. The van der Waals surface area contributed by atoms with Crippen molar-refractivity contribution in [2.75, 3.05) is 0 Å². The van der Waals surface area contributed by atoms with Gasteiger partial charge in [0.15, 0.2) is 0 Å². The van der Waals surface area contributed by atoms with Crippen LogP contribution in [0, 0.1) is 5.92 Å². The van der Waals surface area contributed by atoms with Gasteiger partial charge in [0.25, 0.3) is 0 Å². The van der Waals surface area contributed by atoms with E-state index in [9.17, 15) is 0 Å². The van der Waals surface area contributed by atoms with Crippen LogP contribution in [0.15, 0.2) is 78.1 Å². The number of hydrogen-bond donors (Lipinski definition) is 2. The van der Waals surface area contributed by atoms with E-state index in [1.807, 2.05) is 32.9 Å². The summed E-state index contributed by atoms with van der Waals surface area (Å²) >= 11 is 0. The molecule has 0 radical (unpaired) electrons. The summed E-state index contributed by atoms with van der Waals surface area (Å²) in [7, 11) is 0. The van der Waals surface area contributed by atoms with Crippen LogP contribution in [-0.2, 0) is 0 Å². The highest BCUT2D eigenvalue weighted by Crippen LogP contribution is 2.47. The summed E-state index contributed by atoms with van der Waals surface area (Å²) in [5, 5.41) is 3.69. The lowest BCUT2D eigenvalue weighted by Crippen LogP contribution is -2.58. The maximum Gasteiger partial charge on any atom is 0.0705 e. The Balaban J connectivity index is 0.00000100. The Morgan fingerprint density at radius 3 is 2.50 bits per heavy atom. The Bertz CT molecular complexity index is 652. The molecule has 0 saturated carbocycles.